The van der Waals surface area contributed by atoms with Crippen molar-refractivity contribution in [1.82, 2.24) is 0 Å². The fourth-order valence-corrected chi connectivity index (χ4v) is 1.50. The molecule has 2 nitrogen and oxygen atoms in total. The molecule has 15 heavy (non-hydrogen) atoms. The van der Waals surface area contributed by atoms with E-state index in [4.69, 9.17) is 5.11 Å². The first-order valence-electron chi connectivity index (χ1n) is 5.12. The van der Waals surface area contributed by atoms with Crippen LogP contribution in [0, 0.1) is 0 Å². The molecule has 0 aliphatic heterocycles. The number of carboxylic acid groups (broad SMARTS) is 1. The molecular weight excluding hydrogens is 188 g/mol. The Bertz CT molecular complexity index is 339. The Balaban J connectivity index is 2.31. The first-order chi connectivity index (χ1) is 7.18. The Morgan fingerprint density at radius 2 is 2.00 bits per heavy atom. The average molecular weight is 204 g/mol. The Hall–Kier alpha value is -1.57. The Morgan fingerprint density at radius 3 is 2.60 bits per heavy atom. The van der Waals surface area contributed by atoms with E-state index in [9.17, 15) is 4.79 Å². The molecule has 0 radical (unpaired) electrons. The summed E-state index contributed by atoms with van der Waals surface area (Å²) >= 11 is 0. The molecule has 0 saturated heterocycles. The molecule has 1 N–H and O–H groups in total. The molecule has 0 aromatic heterocycles. The van der Waals surface area contributed by atoms with Crippen molar-refractivity contribution in [3.05, 3.63) is 47.5 Å². The normalized spacial score (nSPS) is 11.4. The Kier molecular flexibility index (Phi) is 4.61. The van der Waals surface area contributed by atoms with Gasteiger partial charge in [-0.15, -0.1) is 0 Å². The van der Waals surface area contributed by atoms with Gasteiger partial charge in [-0.1, -0.05) is 35.9 Å². The lowest BCUT2D eigenvalue weighted by atomic mass is 10.1. The summed E-state index contributed by atoms with van der Waals surface area (Å²) in [4.78, 5) is 10.4. The highest BCUT2D eigenvalue weighted by atomic mass is 16.4. The maximum atomic E-state index is 10.4. The molecule has 80 valence electrons. The van der Waals surface area contributed by atoms with E-state index in [1.54, 1.807) is 0 Å². The highest BCUT2D eigenvalue weighted by Crippen LogP contribution is 2.09. The number of hydrogen-bond acceptors (Lipinski definition) is 1. The zero-order valence-corrected chi connectivity index (χ0v) is 8.94. The summed E-state index contributed by atoms with van der Waals surface area (Å²) in [6.45, 7) is 1.86. The molecule has 0 aliphatic carbocycles. The van der Waals surface area contributed by atoms with Gasteiger partial charge in [-0.2, -0.15) is 0 Å². The van der Waals surface area contributed by atoms with Crippen LogP contribution in [-0.2, 0) is 11.2 Å². The fraction of sp³-hybridized carbons (Fsp3) is 0.308. The minimum absolute atomic E-state index is 0.848. The summed E-state index contributed by atoms with van der Waals surface area (Å²) in [6, 6.07) is 10.2. The molecule has 0 spiro atoms. The predicted molar refractivity (Wildman–Crippen MR) is 60.8 cm³/mol. The van der Waals surface area contributed by atoms with E-state index in [2.05, 4.69) is 12.1 Å². The zero-order valence-electron chi connectivity index (χ0n) is 8.94. The van der Waals surface area contributed by atoms with E-state index in [1.165, 1.54) is 11.6 Å². The molecule has 2 heteroatoms. The minimum Gasteiger partial charge on any atom is -0.478 e. The number of allylic oxidation sites excluding steroid dienone is 1. The number of hydrogen-bond donors (Lipinski definition) is 1. The molecule has 0 fully saturated rings. The van der Waals surface area contributed by atoms with Crippen molar-refractivity contribution in [3.8, 4) is 0 Å². The van der Waals surface area contributed by atoms with Crippen molar-refractivity contribution in [2.45, 2.75) is 26.2 Å². The first-order valence-corrected chi connectivity index (χ1v) is 5.12. The van der Waals surface area contributed by atoms with Crippen molar-refractivity contribution in [3.63, 3.8) is 0 Å². The minimum atomic E-state index is -0.854. The second-order valence-corrected chi connectivity index (χ2v) is 3.67. The van der Waals surface area contributed by atoms with Gasteiger partial charge in [-0.3, -0.25) is 0 Å². The number of rotatable bonds is 5. The number of aliphatic carboxylic acids is 1. The molecule has 1 aromatic rings. The van der Waals surface area contributed by atoms with Gasteiger partial charge < -0.3 is 5.11 Å². The van der Waals surface area contributed by atoms with Crippen LogP contribution in [0.1, 0.15) is 25.3 Å². The van der Waals surface area contributed by atoms with Crippen LogP contribution in [-0.4, -0.2) is 11.1 Å². The monoisotopic (exact) mass is 204 g/mol. The van der Waals surface area contributed by atoms with Crippen LogP contribution in [0.3, 0.4) is 0 Å². The van der Waals surface area contributed by atoms with Gasteiger partial charge in [0.2, 0.25) is 0 Å². The molecular formula is C13H16O2. The fourth-order valence-electron chi connectivity index (χ4n) is 1.50. The van der Waals surface area contributed by atoms with Gasteiger partial charge in [0, 0.05) is 6.08 Å². The molecule has 0 bridgehead atoms. The van der Waals surface area contributed by atoms with Crippen molar-refractivity contribution in [1.29, 1.82) is 0 Å². The van der Waals surface area contributed by atoms with Gasteiger partial charge in [0.05, 0.1) is 0 Å². The Labute approximate surface area is 90.3 Å². The van der Waals surface area contributed by atoms with Gasteiger partial charge in [-0.05, 0) is 31.7 Å². The standard InChI is InChI=1S/C13H16O2/c1-11(10-13(14)15)6-5-9-12-7-3-2-4-8-12/h2-4,7-8,10H,5-6,9H2,1H3,(H,14,15). The van der Waals surface area contributed by atoms with Crippen molar-refractivity contribution >= 4 is 5.97 Å². The molecule has 0 atom stereocenters. The third-order valence-corrected chi connectivity index (χ3v) is 2.25. The molecule has 0 saturated carbocycles. The van der Waals surface area contributed by atoms with Crippen LogP contribution in [0.25, 0.3) is 0 Å². The van der Waals surface area contributed by atoms with Crippen molar-refractivity contribution in [2.24, 2.45) is 0 Å². The lowest BCUT2D eigenvalue weighted by molar-refractivity contribution is -0.131. The Morgan fingerprint density at radius 1 is 1.33 bits per heavy atom. The second kappa shape index (κ2) is 6.02. The summed E-state index contributed by atoms with van der Waals surface area (Å²) in [5, 5.41) is 8.52. The average Bonchev–Trinajstić information content (AvgIpc) is 2.18. The number of carbonyl (C=O) groups is 1. The molecule has 0 unspecified atom stereocenters. The largest absolute Gasteiger partial charge is 0.478 e. The highest BCUT2D eigenvalue weighted by Gasteiger charge is 1.96. The summed E-state index contributed by atoms with van der Waals surface area (Å²) in [5.74, 6) is -0.854. The van der Waals surface area contributed by atoms with Crippen LogP contribution in [0.2, 0.25) is 0 Å². The van der Waals surface area contributed by atoms with Crippen molar-refractivity contribution in [2.75, 3.05) is 0 Å². The van der Waals surface area contributed by atoms with Gasteiger partial charge >= 0.3 is 5.97 Å². The SMILES string of the molecule is CC(=CC(=O)O)CCCc1ccccc1. The molecule has 0 aliphatic rings. The number of aryl methyl sites for hydroxylation is 1. The van der Waals surface area contributed by atoms with E-state index in [-0.39, 0.29) is 0 Å². The molecule has 1 rings (SSSR count). The third kappa shape index (κ3) is 5.01. The van der Waals surface area contributed by atoms with Crippen molar-refractivity contribution < 1.29 is 9.90 Å². The van der Waals surface area contributed by atoms with Crippen LogP contribution in [0.15, 0.2) is 42.0 Å². The summed E-state index contributed by atoms with van der Waals surface area (Å²) in [7, 11) is 0. The maximum absolute atomic E-state index is 10.4. The first kappa shape index (κ1) is 11.5. The zero-order chi connectivity index (χ0) is 11.1. The van der Waals surface area contributed by atoms with E-state index in [0.717, 1.165) is 24.8 Å². The molecule has 1 aromatic carbocycles. The van der Waals surface area contributed by atoms with Gasteiger partial charge in [-0.25, -0.2) is 4.79 Å². The summed E-state index contributed by atoms with van der Waals surface area (Å²) in [6.07, 6.45) is 4.14. The lowest BCUT2D eigenvalue weighted by Gasteiger charge is -2.01. The maximum Gasteiger partial charge on any atom is 0.328 e. The van der Waals surface area contributed by atoms with Crippen LogP contribution < -0.4 is 0 Å². The van der Waals surface area contributed by atoms with Gasteiger partial charge in [0.15, 0.2) is 0 Å². The van der Waals surface area contributed by atoms with Crippen LogP contribution in [0.5, 0.6) is 0 Å². The van der Waals surface area contributed by atoms with Gasteiger partial charge in [0.1, 0.15) is 0 Å². The number of benzene rings is 1. The number of carboxylic acids is 1. The smallest absolute Gasteiger partial charge is 0.328 e. The topological polar surface area (TPSA) is 37.3 Å². The van der Waals surface area contributed by atoms with E-state index in [1.807, 2.05) is 25.1 Å². The quantitative estimate of drug-likeness (QED) is 0.748. The predicted octanol–water partition coefficient (Wildman–Crippen LogP) is 3.04. The van der Waals surface area contributed by atoms with E-state index >= 15 is 0 Å². The summed E-state index contributed by atoms with van der Waals surface area (Å²) in [5.41, 5.74) is 2.24. The third-order valence-electron chi connectivity index (χ3n) is 2.25. The lowest BCUT2D eigenvalue weighted by Crippen LogP contribution is -1.91. The molecule has 0 heterocycles. The highest BCUT2D eigenvalue weighted by molar-refractivity contribution is 5.80. The van der Waals surface area contributed by atoms with Crippen LogP contribution in [0.4, 0.5) is 0 Å². The van der Waals surface area contributed by atoms with Crippen LogP contribution >= 0.6 is 0 Å². The summed E-state index contributed by atoms with van der Waals surface area (Å²) < 4.78 is 0. The van der Waals surface area contributed by atoms with E-state index in [0.29, 0.717) is 0 Å². The molecule has 0 amide bonds. The van der Waals surface area contributed by atoms with E-state index < -0.39 is 5.97 Å². The second-order valence-electron chi connectivity index (χ2n) is 3.67. The van der Waals surface area contributed by atoms with Gasteiger partial charge in [0.25, 0.3) is 0 Å².